The lowest BCUT2D eigenvalue weighted by atomic mass is 9.97. The van der Waals surface area contributed by atoms with Crippen LogP contribution in [-0.2, 0) is 17.5 Å². The van der Waals surface area contributed by atoms with Gasteiger partial charge in [-0.05, 0) is 64.8 Å². The van der Waals surface area contributed by atoms with E-state index in [9.17, 15) is 18.0 Å². The van der Waals surface area contributed by atoms with Gasteiger partial charge in [0.15, 0.2) is 0 Å². The smallest absolute Gasteiger partial charge is 0.416 e. The number of halogens is 3. The molecule has 9 heteroatoms. The van der Waals surface area contributed by atoms with Gasteiger partial charge in [0.1, 0.15) is 10.6 Å². The van der Waals surface area contributed by atoms with Gasteiger partial charge in [-0.2, -0.15) is 13.2 Å². The lowest BCUT2D eigenvalue weighted by Crippen LogP contribution is -2.40. The van der Waals surface area contributed by atoms with Crippen LogP contribution in [0.1, 0.15) is 44.9 Å². The van der Waals surface area contributed by atoms with Crippen molar-refractivity contribution in [1.29, 1.82) is 0 Å². The van der Waals surface area contributed by atoms with E-state index in [1.165, 1.54) is 23.5 Å². The second kappa shape index (κ2) is 9.56. The van der Waals surface area contributed by atoms with Crippen LogP contribution >= 0.6 is 11.3 Å². The summed E-state index contributed by atoms with van der Waals surface area (Å²) >= 11 is 1.44. The molecule has 1 fully saturated rings. The highest BCUT2D eigenvalue weighted by molar-refractivity contribution is 7.13. The molecule has 0 radical (unpaired) electrons. The lowest BCUT2D eigenvalue weighted by molar-refractivity contribution is -0.137. The van der Waals surface area contributed by atoms with Gasteiger partial charge in [0.05, 0.1) is 11.3 Å². The van der Waals surface area contributed by atoms with E-state index in [2.05, 4.69) is 15.2 Å². The molecular weight excluding hydrogens is 427 g/mol. The summed E-state index contributed by atoms with van der Waals surface area (Å²) in [4.78, 5) is 18.7. The van der Waals surface area contributed by atoms with E-state index < -0.39 is 17.3 Å². The van der Waals surface area contributed by atoms with E-state index in [0.717, 1.165) is 48.8 Å². The number of ether oxygens (including phenoxy) is 1. The topological polar surface area (TPSA) is 54.5 Å². The SMILES string of the molecule is CC(C)(C)OC(=O)NCC1CCN(Cc2csc(-c3ccc(C(F)(F)F)cc3)n2)CC1. The summed E-state index contributed by atoms with van der Waals surface area (Å²) in [7, 11) is 0. The monoisotopic (exact) mass is 455 g/mol. The Morgan fingerprint density at radius 3 is 2.42 bits per heavy atom. The predicted octanol–water partition coefficient (Wildman–Crippen LogP) is 5.57. The number of hydrogen-bond donors (Lipinski definition) is 1. The minimum atomic E-state index is -4.33. The Kier molecular flexibility index (Phi) is 7.26. The molecule has 0 aliphatic carbocycles. The summed E-state index contributed by atoms with van der Waals surface area (Å²) in [5.41, 5.74) is 0.457. The first kappa shape index (κ1) is 23.5. The average molecular weight is 456 g/mol. The number of aromatic nitrogens is 1. The molecule has 1 aromatic carbocycles. The number of benzene rings is 1. The molecule has 1 N–H and O–H groups in total. The Bertz CT molecular complexity index is 867. The van der Waals surface area contributed by atoms with Crippen molar-refractivity contribution in [2.75, 3.05) is 19.6 Å². The minimum Gasteiger partial charge on any atom is -0.444 e. The van der Waals surface area contributed by atoms with Gasteiger partial charge < -0.3 is 10.1 Å². The summed E-state index contributed by atoms with van der Waals surface area (Å²) in [6.45, 7) is 8.66. The van der Waals surface area contributed by atoms with Gasteiger partial charge in [0.25, 0.3) is 0 Å². The van der Waals surface area contributed by atoms with Crippen molar-refractivity contribution in [3.63, 3.8) is 0 Å². The fraction of sp³-hybridized carbons (Fsp3) is 0.545. The quantitative estimate of drug-likeness (QED) is 0.641. The van der Waals surface area contributed by atoms with Gasteiger partial charge >= 0.3 is 12.3 Å². The van der Waals surface area contributed by atoms with Crippen LogP contribution in [0.25, 0.3) is 10.6 Å². The Hall–Kier alpha value is -2.13. The molecule has 1 aliphatic rings. The largest absolute Gasteiger partial charge is 0.444 e. The van der Waals surface area contributed by atoms with E-state index >= 15 is 0 Å². The maximum atomic E-state index is 12.7. The van der Waals surface area contributed by atoms with E-state index in [0.29, 0.717) is 24.6 Å². The number of nitrogens with one attached hydrogen (secondary N) is 1. The Morgan fingerprint density at radius 2 is 1.84 bits per heavy atom. The number of carbonyl (C=O) groups excluding carboxylic acids is 1. The molecule has 0 atom stereocenters. The van der Waals surface area contributed by atoms with Crippen molar-refractivity contribution in [2.24, 2.45) is 5.92 Å². The molecule has 5 nitrogen and oxygen atoms in total. The maximum absolute atomic E-state index is 12.7. The number of likely N-dealkylation sites (tertiary alicyclic amines) is 1. The first-order chi connectivity index (χ1) is 14.5. The summed E-state index contributed by atoms with van der Waals surface area (Å²) in [5, 5.41) is 5.53. The predicted molar refractivity (Wildman–Crippen MR) is 115 cm³/mol. The molecule has 0 bridgehead atoms. The van der Waals surface area contributed by atoms with Gasteiger partial charge in [-0.3, -0.25) is 4.90 Å². The number of alkyl carbamates (subject to hydrolysis) is 1. The fourth-order valence-electron chi connectivity index (χ4n) is 3.43. The van der Waals surface area contributed by atoms with Crippen molar-refractivity contribution in [3.05, 3.63) is 40.9 Å². The Labute approximate surface area is 184 Å². The minimum absolute atomic E-state index is 0.381. The molecule has 2 heterocycles. The zero-order valence-electron chi connectivity index (χ0n) is 18.0. The molecule has 0 spiro atoms. The number of amides is 1. The zero-order chi connectivity index (χ0) is 22.6. The molecule has 1 aliphatic heterocycles. The van der Waals surface area contributed by atoms with Gasteiger partial charge in [-0.25, -0.2) is 9.78 Å². The van der Waals surface area contributed by atoms with Crippen LogP contribution in [0.4, 0.5) is 18.0 Å². The molecule has 2 aromatic rings. The third-order valence-electron chi connectivity index (χ3n) is 5.04. The second-order valence-corrected chi connectivity index (χ2v) is 9.68. The second-order valence-electron chi connectivity index (χ2n) is 8.82. The lowest BCUT2D eigenvalue weighted by Gasteiger charge is -2.31. The molecule has 170 valence electrons. The molecule has 3 rings (SSSR count). The van der Waals surface area contributed by atoms with E-state index in [-0.39, 0.29) is 6.09 Å². The number of piperidine rings is 1. The van der Waals surface area contributed by atoms with E-state index in [1.807, 2.05) is 26.2 Å². The van der Waals surface area contributed by atoms with Crippen molar-refractivity contribution in [2.45, 2.75) is 51.9 Å². The van der Waals surface area contributed by atoms with Crippen molar-refractivity contribution in [3.8, 4) is 10.6 Å². The number of rotatable bonds is 5. The maximum Gasteiger partial charge on any atom is 0.416 e. The number of alkyl halides is 3. The van der Waals surface area contributed by atoms with E-state index in [4.69, 9.17) is 4.74 Å². The molecular formula is C22H28F3N3O2S. The van der Waals surface area contributed by atoms with Crippen LogP contribution in [-0.4, -0.2) is 41.2 Å². The molecule has 1 aromatic heterocycles. The van der Waals surface area contributed by atoms with Gasteiger partial charge in [0.2, 0.25) is 0 Å². The number of nitrogens with zero attached hydrogens (tertiary/aromatic N) is 2. The van der Waals surface area contributed by atoms with Crippen LogP contribution in [0.3, 0.4) is 0 Å². The molecule has 0 unspecified atom stereocenters. The summed E-state index contributed by atoms with van der Waals surface area (Å²) in [5.74, 6) is 0.418. The number of thiazole rings is 1. The Morgan fingerprint density at radius 1 is 1.19 bits per heavy atom. The fourth-order valence-corrected chi connectivity index (χ4v) is 4.25. The van der Waals surface area contributed by atoms with Gasteiger partial charge in [0, 0.05) is 24.0 Å². The summed E-state index contributed by atoms with van der Waals surface area (Å²) < 4.78 is 43.4. The van der Waals surface area contributed by atoms with Crippen LogP contribution in [0.5, 0.6) is 0 Å². The highest BCUT2D eigenvalue weighted by Crippen LogP contribution is 2.32. The first-order valence-electron chi connectivity index (χ1n) is 10.3. The molecule has 1 amide bonds. The molecule has 0 saturated carbocycles. The van der Waals surface area contributed by atoms with Gasteiger partial charge in [-0.15, -0.1) is 11.3 Å². The highest BCUT2D eigenvalue weighted by atomic mass is 32.1. The van der Waals surface area contributed by atoms with Crippen LogP contribution < -0.4 is 5.32 Å². The Balaban J connectivity index is 1.45. The third-order valence-corrected chi connectivity index (χ3v) is 5.98. The molecule has 1 saturated heterocycles. The van der Waals surface area contributed by atoms with Crippen molar-refractivity contribution < 1.29 is 22.7 Å². The molecule has 31 heavy (non-hydrogen) atoms. The normalized spacial score (nSPS) is 16.3. The van der Waals surface area contributed by atoms with Gasteiger partial charge in [-0.1, -0.05) is 12.1 Å². The number of carbonyl (C=O) groups is 1. The van der Waals surface area contributed by atoms with Crippen molar-refractivity contribution in [1.82, 2.24) is 15.2 Å². The zero-order valence-corrected chi connectivity index (χ0v) is 18.8. The van der Waals surface area contributed by atoms with Crippen molar-refractivity contribution >= 4 is 17.4 Å². The van der Waals surface area contributed by atoms with Crippen LogP contribution in [0, 0.1) is 5.92 Å². The van der Waals surface area contributed by atoms with E-state index in [1.54, 1.807) is 0 Å². The van der Waals surface area contributed by atoms with Crippen LogP contribution in [0.2, 0.25) is 0 Å². The number of hydrogen-bond acceptors (Lipinski definition) is 5. The standard InChI is InChI=1S/C22H28F3N3O2S/c1-21(2,3)30-20(29)26-12-15-8-10-28(11-9-15)13-18-14-31-19(27-18)16-4-6-17(7-5-16)22(23,24)25/h4-7,14-15H,8-13H2,1-3H3,(H,26,29). The first-order valence-corrected chi connectivity index (χ1v) is 11.2. The third kappa shape index (κ3) is 7.21. The average Bonchev–Trinajstić information content (AvgIpc) is 3.14. The summed E-state index contributed by atoms with van der Waals surface area (Å²) in [6.07, 6.45) is -2.76. The van der Waals surface area contributed by atoms with Crippen LogP contribution in [0.15, 0.2) is 29.6 Å². The highest BCUT2D eigenvalue weighted by Gasteiger charge is 2.30. The summed E-state index contributed by atoms with van der Waals surface area (Å²) in [6, 6.07) is 5.11.